The highest BCUT2D eigenvalue weighted by Gasteiger charge is 2.21. The molecule has 5 heteroatoms. The van der Waals surface area contributed by atoms with E-state index in [1.807, 2.05) is 12.1 Å². The molecule has 1 aliphatic carbocycles. The molecule has 1 aromatic rings. The lowest BCUT2D eigenvalue weighted by molar-refractivity contribution is 0.157. The van der Waals surface area contributed by atoms with Crippen LogP contribution in [-0.2, 0) is 0 Å². The van der Waals surface area contributed by atoms with E-state index in [1.54, 1.807) is 14.2 Å². The highest BCUT2D eigenvalue weighted by atomic mass is 16.5. The minimum atomic E-state index is 0.238. The second-order valence-electron chi connectivity index (χ2n) is 10.5. The normalized spacial score (nSPS) is 19.0. The summed E-state index contributed by atoms with van der Waals surface area (Å²) in [5.41, 5.74) is 7.32. The maximum absolute atomic E-state index is 9.27. The fourth-order valence-corrected chi connectivity index (χ4v) is 5.17. The van der Waals surface area contributed by atoms with Gasteiger partial charge in [-0.25, -0.2) is 0 Å². The summed E-state index contributed by atoms with van der Waals surface area (Å²) in [5, 5.41) is 9.27. The molecular formula is C33H48N2O3. The van der Waals surface area contributed by atoms with Crippen LogP contribution in [0.4, 0.5) is 0 Å². The molecule has 1 aromatic carbocycles. The van der Waals surface area contributed by atoms with E-state index in [2.05, 4.69) is 63.0 Å². The third kappa shape index (κ3) is 7.94. The first-order valence-corrected chi connectivity index (χ1v) is 14.3. The Hall–Kier alpha value is -2.63. The van der Waals surface area contributed by atoms with Crippen molar-refractivity contribution in [1.82, 2.24) is 4.90 Å². The Balaban J connectivity index is 1.96. The molecule has 0 radical (unpaired) electrons. The van der Waals surface area contributed by atoms with Gasteiger partial charge in [0, 0.05) is 17.8 Å². The van der Waals surface area contributed by atoms with Crippen LogP contribution >= 0.6 is 0 Å². The Bertz CT molecular complexity index is 1070. The van der Waals surface area contributed by atoms with Crippen molar-refractivity contribution in [3.8, 4) is 11.5 Å². The molecule has 1 N–H and O–H groups in total. The molecule has 5 nitrogen and oxygen atoms in total. The summed E-state index contributed by atoms with van der Waals surface area (Å²) in [7, 11) is 3.34. The van der Waals surface area contributed by atoms with Crippen molar-refractivity contribution in [2.75, 3.05) is 40.5 Å². The molecule has 0 amide bonds. The van der Waals surface area contributed by atoms with Crippen LogP contribution < -0.4 is 9.47 Å². The third-order valence-corrected chi connectivity index (χ3v) is 8.17. The number of ether oxygens (including phenoxy) is 2. The van der Waals surface area contributed by atoms with Crippen molar-refractivity contribution in [2.45, 2.75) is 66.2 Å². The van der Waals surface area contributed by atoms with Crippen molar-refractivity contribution < 1.29 is 14.6 Å². The third-order valence-electron chi connectivity index (χ3n) is 8.17. The van der Waals surface area contributed by atoms with Crippen LogP contribution in [-0.4, -0.2) is 56.2 Å². The van der Waals surface area contributed by atoms with Crippen molar-refractivity contribution in [2.24, 2.45) is 16.8 Å². The zero-order chi connectivity index (χ0) is 27.5. The first-order valence-electron chi connectivity index (χ1n) is 14.3. The number of β-amino-alcohol motifs (C(OH)–C–C–N with tert-alkyl or cyclic N) is 1. The van der Waals surface area contributed by atoms with Gasteiger partial charge >= 0.3 is 0 Å². The lowest BCUT2D eigenvalue weighted by Crippen LogP contribution is -2.35. The van der Waals surface area contributed by atoms with E-state index in [9.17, 15) is 5.11 Å². The van der Waals surface area contributed by atoms with Crippen LogP contribution in [0, 0.1) is 11.8 Å². The van der Waals surface area contributed by atoms with Gasteiger partial charge in [-0.3, -0.25) is 4.99 Å². The number of piperidine rings is 1. The van der Waals surface area contributed by atoms with Gasteiger partial charge in [-0.1, -0.05) is 31.6 Å². The molecule has 1 atom stereocenters. The average molecular weight is 521 g/mol. The predicted molar refractivity (Wildman–Crippen MR) is 160 cm³/mol. The number of hydrogen-bond acceptors (Lipinski definition) is 5. The summed E-state index contributed by atoms with van der Waals surface area (Å²) in [5.74, 6) is 2.31. The largest absolute Gasteiger partial charge is 0.493 e. The van der Waals surface area contributed by atoms with E-state index in [4.69, 9.17) is 14.5 Å². The van der Waals surface area contributed by atoms with Gasteiger partial charge in [0.1, 0.15) is 0 Å². The number of allylic oxidation sites excluding steroid dienone is 7. The van der Waals surface area contributed by atoms with Gasteiger partial charge in [-0.15, -0.1) is 0 Å². The van der Waals surface area contributed by atoms with Gasteiger partial charge in [-0.2, -0.15) is 0 Å². The number of aliphatic hydroxyl groups is 1. The van der Waals surface area contributed by atoms with Crippen LogP contribution in [0.5, 0.6) is 11.5 Å². The number of hydrogen-bond donors (Lipinski definition) is 1. The van der Waals surface area contributed by atoms with Gasteiger partial charge in [0.2, 0.25) is 0 Å². The van der Waals surface area contributed by atoms with Crippen LogP contribution in [0.2, 0.25) is 0 Å². The lowest BCUT2D eigenvalue weighted by atomic mass is 9.87. The van der Waals surface area contributed by atoms with Crippen molar-refractivity contribution in [3.05, 3.63) is 64.8 Å². The number of aliphatic imine (C=N–C) groups is 1. The molecule has 1 unspecified atom stereocenters. The van der Waals surface area contributed by atoms with Crippen LogP contribution in [0.15, 0.2) is 64.2 Å². The van der Waals surface area contributed by atoms with Gasteiger partial charge < -0.3 is 19.5 Å². The summed E-state index contributed by atoms with van der Waals surface area (Å²) in [6.45, 7) is 11.9. The number of methoxy groups -OCH3 is 2. The maximum Gasteiger partial charge on any atom is 0.161 e. The SMILES string of the molecule is C\C=C(/C=C\C(=N/C(=C\C(C)=C1CCC1)c1ccc(OC)c(OC)c1)C(C)CC)C1CCN(CCO)CC1. The number of aliphatic hydroxyl groups excluding tert-OH is 1. The van der Waals surface area contributed by atoms with E-state index in [0.717, 1.165) is 61.6 Å². The standard InChI is InChI=1S/C33H48N2O3/c1-7-24(3)30(14-12-26(8-2)28-16-18-35(19-17-28)20-21-36)34-31(22-25(4)27-10-9-11-27)29-13-15-32(37-5)33(23-29)38-6/h8,12-15,22-24,28,36H,7,9-11,16-21H2,1-6H3/b14-12-,26-8+,31-22-,34-30+. The quantitative estimate of drug-likeness (QED) is 0.233. The smallest absolute Gasteiger partial charge is 0.161 e. The Morgan fingerprint density at radius 3 is 2.39 bits per heavy atom. The fraction of sp³-hybridized carbons (Fsp3) is 0.545. The van der Waals surface area contributed by atoms with E-state index in [1.165, 1.54) is 36.0 Å². The molecule has 2 aliphatic rings. The number of rotatable bonds is 12. The molecule has 208 valence electrons. The monoisotopic (exact) mass is 520 g/mol. The van der Waals surface area contributed by atoms with Gasteiger partial charge in [-0.05, 0) is 119 Å². The number of likely N-dealkylation sites (tertiary alicyclic amines) is 1. The minimum Gasteiger partial charge on any atom is -0.493 e. The molecule has 0 spiro atoms. The molecule has 1 aliphatic heterocycles. The maximum atomic E-state index is 9.27. The summed E-state index contributed by atoms with van der Waals surface area (Å²) >= 11 is 0. The molecule has 1 saturated carbocycles. The number of benzene rings is 1. The van der Waals surface area contributed by atoms with Crippen LogP contribution in [0.25, 0.3) is 5.70 Å². The Morgan fingerprint density at radius 2 is 1.84 bits per heavy atom. The van der Waals surface area contributed by atoms with Crippen LogP contribution in [0.3, 0.4) is 0 Å². The van der Waals surface area contributed by atoms with E-state index in [0.29, 0.717) is 17.6 Å². The minimum absolute atomic E-state index is 0.238. The second-order valence-corrected chi connectivity index (χ2v) is 10.5. The van der Waals surface area contributed by atoms with Gasteiger partial charge in [0.15, 0.2) is 11.5 Å². The fourth-order valence-electron chi connectivity index (χ4n) is 5.17. The highest BCUT2D eigenvalue weighted by molar-refractivity contribution is 6.00. The van der Waals surface area contributed by atoms with Crippen LogP contribution in [0.1, 0.15) is 71.8 Å². The zero-order valence-corrected chi connectivity index (χ0v) is 24.4. The molecular weight excluding hydrogens is 472 g/mol. The molecule has 1 heterocycles. The second kappa shape index (κ2) is 15.1. The molecule has 3 rings (SSSR count). The summed E-state index contributed by atoms with van der Waals surface area (Å²) in [6.07, 6.45) is 16.0. The van der Waals surface area contributed by atoms with E-state index >= 15 is 0 Å². The summed E-state index contributed by atoms with van der Waals surface area (Å²) in [6, 6.07) is 6.07. The first kappa shape index (κ1) is 29.9. The molecule has 2 fully saturated rings. The Labute approximate surface area is 230 Å². The van der Waals surface area contributed by atoms with Crippen molar-refractivity contribution in [3.63, 3.8) is 0 Å². The van der Waals surface area contributed by atoms with Gasteiger partial charge in [0.05, 0.1) is 26.5 Å². The van der Waals surface area contributed by atoms with Gasteiger partial charge in [0.25, 0.3) is 0 Å². The Morgan fingerprint density at radius 1 is 1.13 bits per heavy atom. The zero-order valence-electron chi connectivity index (χ0n) is 24.4. The molecule has 38 heavy (non-hydrogen) atoms. The highest BCUT2D eigenvalue weighted by Crippen LogP contribution is 2.34. The summed E-state index contributed by atoms with van der Waals surface area (Å²) in [4.78, 5) is 7.67. The topological polar surface area (TPSA) is 54.3 Å². The summed E-state index contributed by atoms with van der Waals surface area (Å²) < 4.78 is 11.1. The van der Waals surface area contributed by atoms with Crippen molar-refractivity contribution in [1.29, 1.82) is 0 Å². The lowest BCUT2D eigenvalue weighted by Gasteiger charge is -2.32. The Kier molecular flexibility index (Phi) is 11.9. The molecule has 0 bridgehead atoms. The van der Waals surface area contributed by atoms with E-state index < -0.39 is 0 Å². The number of nitrogens with zero attached hydrogens (tertiary/aromatic N) is 2. The molecule has 1 saturated heterocycles. The first-order chi connectivity index (χ1) is 18.4. The van der Waals surface area contributed by atoms with Crippen molar-refractivity contribution >= 4 is 11.4 Å². The molecule has 0 aromatic heterocycles. The predicted octanol–water partition coefficient (Wildman–Crippen LogP) is 7.24. The van der Waals surface area contributed by atoms with E-state index in [-0.39, 0.29) is 6.61 Å². The average Bonchev–Trinajstić information content (AvgIpc) is 2.91.